The molecule has 1 aromatic rings. The molecule has 1 fully saturated rings. The summed E-state index contributed by atoms with van der Waals surface area (Å²) in [5.41, 5.74) is 0.944. The van der Waals surface area contributed by atoms with Gasteiger partial charge in [0.1, 0.15) is 0 Å². The van der Waals surface area contributed by atoms with Gasteiger partial charge in [0.15, 0.2) is 0 Å². The summed E-state index contributed by atoms with van der Waals surface area (Å²) < 4.78 is 0. The maximum Gasteiger partial charge on any atom is 0.236 e. The van der Waals surface area contributed by atoms with E-state index in [1.54, 1.807) is 12.1 Å². The third kappa shape index (κ3) is 5.00. The van der Waals surface area contributed by atoms with Crippen LogP contribution in [-0.2, 0) is 4.79 Å². The molecule has 1 heterocycles. The van der Waals surface area contributed by atoms with E-state index in [1.165, 1.54) is 0 Å². The monoisotopic (exact) mass is 365 g/mol. The number of piperazine rings is 1. The molecule has 1 aliphatic heterocycles. The second-order valence-electron chi connectivity index (χ2n) is 5.39. The zero-order valence-electron chi connectivity index (χ0n) is 12.8. The summed E-state index contributed by atoms with van der Waals surface area (Å²) in [6.45, 7) is 5.70. The molecule has 124 valence electrons. The number of likely N-dealkylation sites (N-methyl/N-ethyl adjacent to an activating group) is 1. The van der Waals surface area contributed by atoms with E-state index in [9.17, 15) is 4.79 Å². The second-order valence-corrected chi connectivity index (χ2v) is 6.23. The average Bonchev–Trinajstić information content (AvgIpc) is 2.49. The van der Waals surface area contributed by atoms with Crippen LogP contribution in [0, 0.1) is 0 Å². The van der Waals surface area contributed by atoms with E-state index in [1.807, 2.05) is 29.8 Å². The molecule has 1 N–H and O–H groups in total. The van der Waals surface area contributed by atoms with Crippen molar-refractivity contribution in [2.75, 3.05) is 39.8 Å². The number of carbonyl (C=O) groups excluding carboxylic acids is 1. The Bertz CT molecular complexity index is 507. The highest BCUT2D eigenvalue weighted by molar-refractivity contribution is 6.33. The van der Waals surface area contributed by atoms with Crippen LogP contribution >= 0.6 is 35.6 Å². The first-order chi connectivity index (χ1) is 9.99. The first-order valence-corrected chi connectivity index (χ1v) is 7.88. The number of halogens is 3. The van der Waals surface area contributed by atoms with Gasteiger partial charge in [-0.3, -0.25) is 9.69 Å². The summed E-state index contributed by atoms with van der Waals surface area (Å²) in [5, 5.41) is 4.58. The van der Waals surface area contributed by atoms with Crippen molar-refractivity contribution in [2.24, 2.45) is 0 Å². The Morgan fingerprint density at radius 3 is 2.64 bits per heavy atom. The first kappa shape index (κ1) is 19.5. The topological polar surface area (TPSA) is 35.6 Å². The van der Waals surface area contributed by atoms with Gasteiger partial charge in [0.2, 0.25) is 5.91 Å². The van der Waals surface area contributed by atoms with Crippen LogP contribution in [0.4, 0.5) is 0 Å². The lowest BCUT2D eigenvalue weighted by atomic mass is 10.1. The van der Waals surface area contributed by atoms with Gasteiger partial charge < -0.3 is 10.2 Å². The van der Waals surface area contributed by atoms with Crippen molar-refractivity contribution < 1.29 is 4.79 Å². The number of nitrogens with one attached hydrogen (secondary N) is 1. The normalized spacial score (nSPS) is 16.3. The SMILES string of the molecule is CC(c1cc(Cl)ccc1Cl)N(C)CC(=O)N1CCNCC1.Cl. The van der Waals surface area contributed by atoms with E-state index in [4.69, 9.17) is 23.2 Å². The van der Waals surface area contributed by atoms with E-state index in [-0.39, 0.29) is 24.4 Å². The molecular formula is C15H22Cl3N3O. The van der Waals surface area contributed by atoms with Gasteiger partial charge >= 0.3 is 0 Å². The Balaban J connectivity index is 0.00000242. The zero-order chi connectivity index (χ0) is 15.4. The number of hydrogen-bond donors (Lipinski definition) is 1. The molecule has 0 saturated carbocycles. The molecule has 22 heavy (non-hydrogen) atoms. The molecule has 1 saturated heterocycles. The number of amides is 1. The molecule has 1 aromatic carbocycles. The summed E-state index contributed by atoms with van der Waals surface area (Å²) in [6, 6.07) is 5.46. The number of benzene rings is 1. The lowest BCUT2D eigenvalue weighted by Gasteiger charge is -2.31. The minimum Gasteiger partial charge on any atom is -0.339 e. The van der Waals surface area contributed by atoms with Gasteiger partial charge in [-0.1, -0.05) is 23.2 Å². The van der Waals surface area contributed by atoms with Gasteiger partial charge in [0.05, 0.1) is 6.54 Å². The van der Waals surface area contributed by atoms with Crippen molar-refractivity contribution in [1.29, 1.82) is 0 Å². The molecule has 1 amide bonds. The molecule has 1 atom stereocenters. The molecule has 0 radical (unpaired) electrons. The molecule has 0 spiro atoms. The minimum absolute atomic E-state index is 0. The van der Waals surface area contributed by atoms with E-state index in [0.717, 1.165) is 31.7 Å². The van der Waals surface area contributed by atoms with Crippen molar-refractivity contribution >= 4 is 41.5 Å². The third-order valence-electron chi connectivity index (χ3n) is 3.92. The fraction of sp³-hybridized carbons (Fsp3) is 0.533. The predicted octanol–water partition coefficient (Wildman–Crippen LogP) is 2.84. The summed E-state index contributed by atoms with van der Waals surface area (Å²) >= 11 is 12.3. The van der Waals surface area contributed by atoms with Crippen molar-refractivity contribution in [3.8, 4) is 0 Å². The van der Waals surface area contributed by atoms with E-state index >= 15 is 0 Å². The zero-order valence-corrected chi connectivity index (χ0v) is 15.1. The van der Waals surface area contributed by atoms with Crippen molar-refractivity contribution in [1.82, 2.24) is 15.1 Å². The number of hydrogen-bond acceptors (Lipinski definition) is 3. The molecule has 4 nitrogen and oxygen atoms in total. The summed E-state index contributed by atoms with van der Waals surface area (Å²) in [5.74, 6) is 0.156. The molecule has 1 aliphatic rings. The van der Waals surface area contributed by atoms with Crippen LogP contribution in [0.2, 0.25) is 10.0 Å². The number of carbonyl (C=O) groups is 1. The van der Waals surface area contributed by atoms with Crippen LogP contribution in [0.3, 0.4) is 0 Å². The van der Waals surface area contributed by atoms with Gasteiger partial charge in [-0.15, -0.1) is 12.4 Å². The highest BCUT2D eigenvalue weighted by atomic mass is 35.5. The Labute approximate surface area is 148 Å². The van der Waals surface area contributed by atoms with Crippen LogP contribution in [0.1, 0.15) is 18.5 Å². The van der Waals surface area contributed by atoms with Crippen molar-refractivity contribution in [2.45, 2.75) is 13.0 Å². The highest BCUT2D eigenvalue weighted by Gasteiger charge is 2.21. The lowest BCUT2D eigenvalue weighted by molar-refractivity contribution is -0.133. The van der Waals surface area contributed by atoms with Crippen molar-refractivity contribution in [3.63, 3.8) is 0 Å². The average molecular weight is 367 g/mol. The summed E-state index contributed by atoms with van der Waals surface area (Å²) in [6.07, 6.45) is 0. The Kier molecular flexibility index (Phi) is 7.94. The van der Waals surface area contributed by atoms with Crippen molar-refractivity contribution in [3.05, 3.63) is 33.8 Å². The molecule has 1 unspecified atom stereocenters. The summed E-state index contributed by atoms with van der Waals surface area (Å²) in [7, 11) is 1.93. The maximum absolute atomic E-state index is 12.3. The van der Waals surface area contributed by atoms with Crippen LogP contribution in [0.15, 0.2) is 18.2 Å². The highest BCUT2D eigenvalue weighted by Crippen LogP contribution is 2.29. The summed E-state index contributed by atoms with van der Waals surface area (Å²) in [4.78, 5) is 16.2. The van der Waals surface area contributed by atoms with Crippen LogP contribution in [0.25, 0.3) is 0 Å². The Morgan fingerprint density at radius 1 is 1.36 bits per heavy atom. The first-order valence-electron chi connectivity index (χ1n) is 7.12. The van der Waals surface area contributed by atoms with Gasteiger partial charge in [0.25, 0.3) is 0 Å². The molecule has 0 aliphatic carbocycles. The fourth-order valence-corrected chi connectivity index (χ4v) is 2.89. The Hall–Kier alpha value is -0.520. The number of nitrogens with zero attached hydrogens (tertiary/aromatic N) is 2. The largest absolute Gasteiger partial charge is 0.339 e. The van der Waals surface area contributed by atoms with E-state index in [2.05, 4.69) is 5.32 Å². The third-order valence-corrected chi connectivity index (χ3v) is 4.50. The van der Waals surface area contributed by atoms with Gasteiger partial charge in [-0.2, -0.15) is 0 Å². The van der Waals surface area contributed by atoms with Crippen LogP contribution in [0.5, 0.6) is 0 Å². The molecule has 7 heteroatoms. The van der Waals surface area contributed by atoms with Gasteiger partial charge in [0, 0.05) is 42.3 Å². The van der Waals surface area contributed by atoms with E-state index < -0.39 is 0 Å². The number of rotatable bonds is 4. The Morgan fingerprint density at radius 2 is 2.00 bits per heavy atom. The molecule has 2 rings (SSSR count). The van der Waals surface area contributed by atoms with Gasteiger partial charge in [-0.05, 0) is 37.7 Å². The molecule has 0 aromatic heterocycles. The minimum atomic E-state index is 0. The second kappa shape index (κ2) is 8.94. The molecule has 0 bridgehead atoms. The van der Waals surface area contributed by atoms with E-state index in [0.29, 0.717) is 16.6 Å². The maximum atomic E-state index is 12.3. The quantitative estimate of drug-likeness (QED) is 0.890. The van der Waals surface area contributed by atoms with Crippen LogP contribution in [-0.4, -0.2) is 55.5 Å². The smallest absolute Gasteiger partial charge is 0.236 e. The van der Waals surface area contributed by atoms with Crippen LogP contribution < -0.4 is 5.32 Å². The lowest BCUT2D eigenvalue weighted by Crippen LogP contribution is -2.49. The molecular weight excluding hydrogens is 345 g/mol. The van der Waals surface area contributed by atoms with Gasteiger partial charge in [-0.25, -0.2) is 0 Å². The predicted molar refractivity (Wildman–Crippen MR) is 94.2 cm³/mol. The standard InChI is InChI=1S/C15H21Cl2N3O.ClH/c1-11(13-9-12(16)3-4-14(13)17)19(2)10-15(21)20-7-5-18-6-8-20;/h3-4,9,11,18H,5-8,10H2,1-2H3;1H. The fourth-order valence-electron chi connectivity index (χ4n) is 2.44.